The zero-order valence-electron chi connectivity index (χ0n) is 11.0. The van der Waals surface area contributed by atoms with Crippen molar-refractivity contribution in [2.75, 3.05) is 27.4 Å². The van der Waals surface area contributed by atoms with E-state index in [4.69, 9.17) is 14.2 Å². The fraction of sp³-hybridized carbons (Fsp3) is 0.357. The molecule has 0 radical (unpaired) electrons. The van der Waals surface area contributed by atoms with Crippen molar-refractivity contribution in [3.05, 3.63) is 47.9 Å². The summed E-state index contributed by atoms with van der Waals surface area (Å²) in [5.41, 5.74) is 1.47. The van der Waals surface area contributed by atoms with E-state index in [0.29, 0.717) is 5.57 Å². The molecule has 0 saturated heterocycles. The minimum atomic E-state index is -0.690. The summed E-state index contributed by atoms with van der Waals surface area (Å²) in [5.74, 6) is -0.421. The minimum absolute atomic E-state index is 0.205. The molecule has 2 aliphatic heterocycles. The number of esters is 1. The van der Waals surface area contributed by atoms with Crippen molar-refractivity contribution in [2.45, 2.75) is 6.29 Å². The summed E-state index contributed by atoms with van der Waals surface area (Å²) in [5, 5.41) is 0. The van der Waals surface area contributed by atoms with Crippen molar-refractivity contribution >= 4 is 5.97 Å². The molecule has 0 aromatic heterocycles. The van der Waals surface area contributed by atoms with Crippen LogP contribution in [0.2, 0.25) is 0 Å². The van der Waals surface area contributed by atoms with Crippen LogP contribution in [0.4, 0.5) is 0 Å². The van der Waals surface area contributed by atoms with Crippen LogP contribution < -0.4 is 0 Å². The summed E-state index contributed by atoms with van der Waals surface area (Å²) in [6.07, 6.45) is 10.7. The van der Waals surface area contributed by atoms with Crippen LogP contribution in [0.1, 0.15) is 0 Å². The van der Waals surface area contributed by atoms with E-state index in [1.165, 1.54) is 14.2 Å². The predicted molar refractivity (Wildman–Crippen MR) is 69.9 cm³/mol. The maximum Gasteiger partial charge on any atom is 0.340 e. The summed E-state index contributed by atoms with van der Waals surface area (Å²) in [6.45, 7) is 1.02. The molecule has 0 fully saturated rings. The predicted octanol–water partition coefficient (Wildman–Crippen LogP) is 1.36. The minimum Gasteiger partial charge on any atom is -0.430 e. The van der Waals surface area contributed by atoms with Gasteiger partial charge in [0.05, 0.1) is 5.57 Å². The molecule has 5 nitrogen and oxygen atoms in total. The second-order valence-corrected chi connectivity index (χ2v) is 4.11. The average molecular weight is 263 g/mol. The SMILES string of the molecule is COCC(OC)OC(=O)C1=CC2=CC=CCN2C=C1. The summed E-state index contributed by atoms with van der Waals surface area (Å²) in [6, 6.07) is 0. The molecule has 1 unspecified atom stereocenters. The number of rotatable bonds is 5. The topological polar surface area (TPSA) is 48.0 Å². The highest BCUT2D eigenvalue weighted by atomic mass is 16.7. The van der Waals surface area contributed by atoms with Crippen LogP contribution in [0.5, 0.6) is 0 Å². The van der Waals surface area contributed by atoms with E-state index in [1.807, 2.05) is 29.3 Å². The van der Waals surface area contributed by atoms with Gasteiger partial charge in [-0.1, -0.05) is 12.2 Å². The Morgan fingerprint density at radius 1 is 1.47 bits per heavy atom. The van der Waals surface area contributed by atoms with Gasteiger partial charge in [0.2, 0.25) is 6.29 Å². The van der Waals surface area contributed by atoms with E-state index in [-0.39, 0.29) is 6.61 Å². The highest BCUT2D eigenvalue weighted by Gasteiger charge is 2.20. The molecule has 0 aromatic rings. The molecule has 0 aliphatic carbocycles. The lowest BCUT2D eigenvalue weighted by Gasteiger charge is -2.26. The first kappa shape index (κ1) is 13.6. The number of nitrogens with zero attached hydrogens (tertiary/aromatic N) is 1. The third-order valence-corrected chi connectivity index (χ3v) is 2.81. The smallest absolute Gasteiger partial charge is 0.340 e. The number of ether oxygens (including phenoxy) is 3. The number of hydrogen-bond acceptors (Lipinski definition) is 5. The van der Waals surface area contributed by atoms with E-state index < -0.39 is 12.3 Å². The standard InChI is InChI=1S/C14H17NO4/c1-17-10-13(18-2)19-14(16)11-6-8-15-7-4-3-5-12(15)9-11/h3-6,8-9,13H,7,10H2,1-2H3. The van der Waals surface area contributed by atoms with Crippen LogP contribution in [-0.4, -0.2) is 44.5 Å². The van der Waals surface area contributed by atoms with Crippen LogP contribution in [-0.2, 0) is 19.0 Å². The van der Waals surface area contributed by atoms with Gasteiger partial charge in [-0.25, -0.2) is 4.79 Å². The highest BCUT2D eigenvalue weighted by Crippen LogP contribution is 2.20. The van der Waals surface area contributed by atoms with Crippen LogP contribution in [0, 0.1) is 0 Å². The lowest BCUT2D eigenvalue weighted by Crippen LogP contribution is -2.27. The monoisotopic (exact) mass is 263 g/mol. The summed E-state index contributed by atoms with van der Waals surface area (Å²) < 4.78 is 15.1. The van der Waals surface area contributed by atoms with Crippen LogP contribution >= 0.6 is 0 Å². The molecule has 0 aromatic carbocycles. The second kappa shape index (κ2) is 6.36. The zero-order chi connectivity index (χ0) is 13.7. The molecular weight excluding hydrogens is 246 g/mol. The van der Waals surface area contributed by atoms with E-state index in [0.717, 1.165) is 12.2 Å². The Hall–Kier alpha value is -1.85. The molecular formula is C14H17NO4. The molecule has 0 bridgehead atoms. The molecule has 0 amide bonds. The Bertz CT molecular complexity index is 462. The second-order valence-electron chi connectivity index (χ2n) is 4.11. The van der Waals surface area contributed by atoms with Gasteiger partial charge in [-0.3, -0.25) is 0 Å². The number of methoxy groups -OCH3 is 2. The van der Waals surface area contributed by atoms with Crippen molar-refractivity contribution in [3.8, 4) is 0 Å². The van der Waals surface area contributed by atoms with E-state index >= 15 is 0 Å². The molecule has 19 heavy (non-hydrogen) atoms. The highest BCUT2D eigenvalue weighted by molar-refractivity contribution is 5.92. The first-order chi connectivity index (χ1) is 9.24. The Kier molecular flexibility index (Phi) is 4.54. The molecule has 0 saturated carbocycles. The van der Waals surface area contributed by atoms with Crippen molar-refractivity contribution < 1.29 is 19.0 Å². The Labute approximate surface area is 112 Å². The molecule has 102 valence electrons. The number of allylic oxidation sites excluding steroid dienone is 3. The van der Waals surface area contributed by atoms with Crippen LogP contribution in [0.25, 0.3) is 0 Å². The molecule has 1 atom stereocenters. The van der Waals surface area contributed by atoms with Crippen molar-refractivity contribution in [2.24, 2.45) is 0 Å². The van der Waals surface area contributed by atoms with Gasteiger partial charge in [0.15, 0.2) is 0 Å². The Morgan fingerprint density at radius 3 is 3.05 bits per heavy atom. The lowest BCUT2D eigenvalue weighted by atomic mass is 10.1. The summed E-state index contributed by atoms with van der Waals surface area (Å²) in [7, 11) is 2.99. The number of fused-ring (bicyclic) bond motifs is 1. The van der Waals surface area contributed by atoms with Gasteiger partial charge in [0, 0.05) is 32.7 Å². The van der Waals surface area contributed by atoms with Gasteiger partial charge >= 0.3 is 5.97 Å². The Balaban J connectivity index is 2.03. The van der Waals surface area contributed by atoms with Gasteiger partial charge in [-0.05, 0) is 18.2 Å². The quantitative estimate of drug-likeness (QED) is 0.553. The molecule has 5 heteroatoms. The van der Waals surface area contributed by atoms with Gasteiger partial charge in [0.1, 0.15) is 6.61 Å². The lowest BCUT2D eigenvalue weighted by molar-refractivity contribution is -0.177. The third-order valence-electron chi connectivity index (χ3n) is 2.81. The van der Waals surface area contributed by atoms with Crippen molar-refractivity contribution in [3.63, 3.8) is 0 Å². The fourth-order valence-corrected chi connectivity index (χ4v) is 1.80. The Morgan fingerprint density at radius 2 is 2.32 bits per heavy atom. The van der Waals surface area contributed by atoms with Gasteiger partial charge < -0.3 is 19.1 Å². The molecule has 0 N–H and O–H groups in total. The van der Waals surface area contributed by atoms with Gasteiger partial charge in [0.25, 0.3) is 0 Å². The third kappa shape index (κ3) is 3.33. The summed E-state index contributed by atoms with van der Waals surface area (Å²) >= 11 is 0. The maximum atomic E-state index is 12.0. The largest absolute Gasteiger partial charge is 0.430 e. The maximum absolute atomic E-state index is 12.0. The molecule has 2 aliphatic rings. The van der Waals surface area contributed by atoms with Crippen molar-refractivity contribution in [1.29, 1.82) is 0 Å². The zero-order valence-corrected chi connectivity index (χ0v) is 11.0. The summed E-state index contributed by atoms with van der Waals surface area (Å²) in [4.78, 5) is 14.0. The van der Waals surface area contributed by atoms with Gasteiger partial charge in [-0.15, -0.1) is 0 Å². The first-order valence-electron chi connectivity index (χ1n) is 6.00. The fourth-order valence-electron chi connectivity index (χ4n) is 1.80. The van der Waals surface area contributed by atoms with Crippen molar-refractivity contribution in [1.82, 2.24) is 4.90 Å². The molecule has 2 heterocycles. The molecule has 0 spiro atoms. The van der Waals surface area contributed by atoms with Crippen LogP contribution in [0.3, 0.4) is 0 Å². The van der Waals surface area contributed by atoms with E-state index in [9.17, 15) is 4.79 Å². The number of hydrogen-bond donors (Lipinski definition) is 0. The molecule has 2 rings (SSSR count). The van der Waals surface area contributed by atoms with E-state index in [2.05, 4.69) is 0 Å². The van der Waals surface area contributed by atoms with E-state index in [1.54, 1.807) is 12.2 Å². The number of carbonyl (C=O) groups is 1. The first-order valence-corrected chi connectivity index (χ1v) is 6.00. The van der Waals surface area contributed by atoms with Crippen LogP contribution in [0.15, 0.2) is 47.9 Å². The number of carbonyl (C=O) groups excluding carboxylic acids is 1. The average Bonchev–Trinajstić information content (AvgIpc) is 2.46. The normalized spacial score (nSPS) is 18.5. The van der Waals surface area contributed by atoms with Gasteiger partial charge in [-0.2, -0.15) is 0 Å².